The third-order valence-corrected chi connectivity index (χ3v) is 7.68. The van der Waals surface area contributed by atoms with Crippen molar-refractivity contribution >= 4 is 35.4 Å². The van der Waals surface area contributed by atoms with Crippen molar-refractivity contribution < 1.29 is 33.8 Å². The average Bonchev–Trinajstić information content (AvgIpc) is 3.60. The van der Waals surface area contributed by atoms with E-state index in [-0.39, 0.29) is 19.1 Å². The Hall–Kier alpha value is -3.93. The lowest BCUT2D eigenvalue weighted by molar-refractivity contribution is -0.132. The van der Waals surface area contributed by atoms with Crippen molar-refractivity contribution in [2.24, 2.45) is 23.7 Å². The van der Waals surface area contributed by atoms with Gasteiger partial charge in [0.15, 0.2) is 0 Å². The predicted octanol–water partition coefficient (Wildman–Crippen LogP) is 1.60. The zero-order valence-corrected chi connectivity index (χ0v) is 24.5. The zero-order chi connectivity index (χ0) is 30.6. The second-order valence-corrected chi connectivity index (χ2v) is 11.2. The smallest absolute Gasteiger partial charge is 0.407 e. The fourth-order valence-corrected chi connectivity index (χ4v) is 5.13. The Kier molecular flexibility index (Phi) is 12.3. The first-order valence-electron chi connectivity index (χ1n) is 14.5. The number of anilines is 1. The Bertz CT molecular complexity index is 1120. The third kappa shape index (κ3) is 10.2. The molecule has 12 nitrogen and oxygen atoms in total. The van der Waals surface area contributed by atoms with Gasteiger partial charge in [0, 0.05) is 5.69 Å². The van der Waals surface area contributed by atoms with Gasteiger partial charge in [-0.2, -0.15) is 0 Å². The summed E-state index contributed by atoms with van der Waals surface area (Å²) < 4.78 is 5.30. The summed E-state index contributed by atoms with van der Waals surface area (Å²) in [6.07, 6.45) is 8.06. The summed E-state index contributed by atoms with van der Waals surface area (Å²) in [6.45, 7) is 4.47. The van der Waals surface area contributed by atoms with Crippen LogP contribution >= 0.6 is 0 Å². The molecule has 1 aromatic rings. The molecule has 3 rings (SSSR count). The van der Waals surface area contributed by atoms with Gasteiger partial charge in [0.25, 0.3) is 0 Å². The molecule has 0 aromatic heterocycles. The maximum absolute atomic E-state index is 12.8. The highest BCUT2D eigenvalue weighted by atomic mass is 16.5. The maximum Gasteiger partial charge on any atom is 0.407 e. The fourth-order valence-electron chi connectivity index (χ4n) is 5.13. The minimum absolute atomic E-state index is 0.113. The van der Waals surface area contributed by atoms with E-state index in [1.807, 2.05) is 0 Å². The lowest BCUT2D eigenvalue weighted by Crippen LogP contribution is -2.55. The van der Waals surface area contributed by atoms with Crippen molar-refractivity contribution in [3.8, 4) is 0 Å². The van der Waals surface area contributed by atoms with Crippen LogP contribution < -0.4 is 26.6 Å². The van der Waals surface area contributed by atoms with E-state index in [2.05, 4.69) is 38.7 Å². The number of ether oxygens (including phenoxy) is 1. The normalized spacial score (nSPS) is 21.3. The highest BCUT2D eigenvalue weighted by Gasteiger charge is 2.49. The summed E-state index contributed by atoms with van der Waals surface area (Å²) in [6, 6.07) is 4.78. The SMILES string of the molecule is CC(NC(=O)[C@@H](NC(=O)CNC(=O)CNC(=O)OCC1C2CC/C=C\CCC21)C(C)C)C(=O)Nc1ccc(CO)cc1. The van der Waals surface area contributed by atoms with Gasteiger partial charge < -0.3 is 36.4 Å². The summed E-state index contributed by atoms with van der Waals surface area (Å²) in [4.78, 5) is 62.0. The van der Waals surface area contributed by atoms with Gasteiger partial charge in [0.05, 0.1) is 19.8 Å². The van der Waals surface area contributed by atoms with Gasteiger partial charge in [-0.3, -0.25) is 19.2 Å². The molecular weight excluding hydrogens is 542 g/mol. The van der Waals surface area contributed by atoms with Gasteiger partial charge in [-0.15, -0.1) is 0 Å². The topological polar surface area (TPSA) is 175 Å². The first kappa shape index (κ1) is 32.6. The van der Waals surface area contributed by atoms with Crippen LogP contribution in [0.2, 0.25) is 0 Å². The molecule has 3 unspecified atom stereocenters. The second kappa shape index (κ2) is 15.9. The quantitative estimate of drug-likeness (QED) is 0.191. The molecule has 4 atom stereocenters. The minimum atomic E-state index is -0.947. The first-order chi connectivity index (χ1) is 20.1. The summed E-state index contributed by atoms with van der Waals surface area (Å²) >= 11 is 0. The van der Waals surface area contributed by atoms with Crippen LogP contribution in [0.4, 0.5) is 10.5 Å². The van der Waals surface area contributed by atoms with Gasteiger partial charge >= 0.3 is 6.09 Å². The average molecular weight is 586 g/mol. The second-order valence-electron chi connectivity index (χ2n) is 11.2. The van der Waals surface area contributed by atoms with E-state index in [0.29, 0.717) is 35.6 Å². The fraction of sp³-hybridized carbons (Fsp3) is 0.567. The van der Waals surface area contributed by atoms with Crippen molar-refractivity contribution in [1.82, 2.24) is 21.3 Å². The van der Waals surface area contributed by atoms with Crippen LogP contribution in [0.1, 0.15) is 52.0 Å². The maximum atomic E-state index is 12.8. The number of fused-ring (bicyclic) bond motifs is 1. The predicted molar refractivity (Wildman–Crippen MR) is 156 cm³/mol. The Morgan fingerprint density at radius 1 is 0.857 bits per heavy atom. The highest BCUT2D eigenvalue weighted by molar-refractivity contribution is 5.98. The molecule has 0 spiro atoms. The molecule has 1 fully saturated rings. The van der Waals surface area contributed by atoms with E-state index < -0.39 is 48.4 Å². The van der Waals surface area contributed by atoms with E-state index in [0.717, 1.165) is 25.7 Å². The zero-order valence-electron chi connectivity index (χ0n) is 24.5. The molecule has 5 amide bonds. The number of allylic oxidation sites excluding steroid dienone is 2. The molecule has 2 aliphatic rings. The molecule has 0 aliphatic heterocycles. The molecule has 230 valence electrons. The molecular formula is C30H43N5O7. The minimum Gasteiger partial charge on any atom is -0.449 e. The first-order valence-corrected chi connectivity index (χ1v) is 14.5. The largest absolute Gasteiger partial charge is 0.449 e. The van der Waals surface area contributed by atoms with Crippen LogP contribution in [0.25, 0.3) is 0 Å². The Balaban J connectivity index is 1.33. The lowest BCUT2D eigenvalue weighted by atomic mass is 10.0. The number of benzene rings is 1. The van der Waals surface area contributed by atoms with Gasteiger partial charge in [-0.05, 0) is 74.0 Å². The molecule has 12 heteroatoms. The molecule has 0 bridgehead atoms. The molecule has 6 N–H and O–H groups in total. The number of aliphatic hydroxyl groups is 1. The van der Waals surface area contributed by atoms with Crippen LogP contribution in [-0.2, 0) is 30.5 Å². The standard InChI is InChI=1S/C30H43N5O7/c1-18(2)27(29(40)33-19(3)28(39)34-21-12-10-20(16-36)11-13-21)35-26(38)15-31-25(37)14-32-30(41)42-17-24-22-8-6-4-5-7-9-23(22)24/h4-5,10-13,18-19,22-24,27,36H,6-9,14-17H2,1-3H3,(H,31,37)(H,32,41)(H,33,40)(H,34,39)(H,35,38)/b5-4-/t19?,22?,23?,24?,27-/m0/s1. The number of carbonyl (C=O) groups excluding carboxylic acids is 5. The van der Waals surface area contributed by atoms with E-state index in [9.17, 15) is 24.0 Å². The number of carbonyl (C=O) groups is 5. The molecule has 0 radical (unpaired) electrons. The van der Waals surface area contributed by atoms with Crippen LogP contribution in [0.3, 0.4) is 0 Å². The van der Waals surface area contributed by atoms with Crippen molar-refractivity contribution in [2.75, 3.05) is 25.0 Å². The third-order valence-electron chi connectivity index (χ3n) is 7.68. The monoisotopic (exact) mass is 585 g/mol. The van der Waals surface area contributed by atoms with Crippen LogP contribution in [0.15, 0.2) is 36.4 Å². The summed E-state index contributed by atoms with van der Waals surface area (Å²) in [5.41, 5.74) is 1.21. The summed E-state index contributed by atoms with van der Waals surface area (Å²) in [7, 11) is 0. The van der Waals surface area contributed by atoms with E-state index >= 15 is 0 Å². The molecule has 0 saturated heterocycles. The molecule has 2 aliphatic carbocycles. The van der Waals surface area contributed by atoms with Crippen molar-refractivity contribution in [3.05, 3.63) is 42.0 Å². The molecule has 1 saturated carbocycles. The number of aliphatic hydroxyl groups excluding tert-OH is 1. The summed E-state index contributed by atoms with van der Waals surface area (Å²) in [5, 5.41) is 21.8. The summed E-state index contributed by atoms with van der Waals surface area (Å²) in [5.74, 6) is -0.918. The van der Waals surface area contributed by atoms with Gasteiger partial charge in [0.1, 0.15) is 18.6 Å². The van der Waals surface area contributed by atoms with Crippen LogP contribution in [0.5, 0.6) is 0 Å². The van der Waals surface area contributed by atoms with E-state index in [1.165, 1.54) is 6.92 Å². The van der Waals surface area contributed by atoms with Crippen LogP contribution in [-0.4, -0.2) is 66.6 Å². The number of alkyl carbamates (subject to hydrolysis) is 1. The molecule has 0 heterocycles. The van der Waals surface area contributed by atoms with Gasteiger partial charge in [0.2, 0.25) is 23.6 Å². The number of hydrogen-bond donors (Lipinski definition) is 6. The molecule has 42 heavy (non-hydrogen) atoms. The lowest BCUT2D eigenvalue weighted by Gasteiger charge is -2.24. The Morgan fingerprint density at radius 3 is 2.07 bits per heavy atom. The number of amides is 5. The highest BCUT2D eigenvalue weighted by Crippen LogP contribution is 2.52. The number of nitrogens with one attached hydrogen (secondary N) is 5. The van der Waals surface area contributed by atoms with Gasteiger partial charge in [-0.25, -0.2) is 4.79 Å². The Labute approximate surface area is 246 Å². The van der Waals surface area contributed by atoms with Crippen molar-refractivity contribution in [3.63, 3.8) is 0 Å². The Morgan fingerprint density at radius 2 is 1.48 bits per heavy atom. The van der Waals surface area contributed by atoms with E-state index in [1.54, 1.807) is 38.1 Å². The van der Waals surface area contributed by atoms with E-state index in [4.69, 9.17) is 9.84 Å². The molecule has 1 aromatic carbocycles. The number of hydrogen-bond acceptors (Lipinski definition) is 7. The van der Waals surface area contributed by atoms with Crippen LogP contribution in [0, 0.1) is 23.7 Å². The van der Waals surface area contributed by atoms with Crippen molar-refractivity contribution in [1.29, 1.82) is 0 Å². The van der Waals surface area contributed by atoms with Crippen molar-refractivity contribution in [2.45, 2.75) is 65.1 Å². The number of rotatable bonds is 13. The van der Waals surface area contributed by atoms with Gasteiger partial charge in [-0.1, -0.05) is 38.1 Å².